The quantitative estimate of drug-likeness (QED) is 0.646. The Morgan fingerprint density at radius 1 is 1.44 bits per heavy atom. The zero-order valence-electron chi connectivity index (χ0n) is 8.80. The summed E-state index contributed by atoms with van der Waals surface area (Å²) < 4.78 is 0. The van der Waals surface area contributed by atoms with E-state index in [1.165, 1.54) is 19.1 Å². The Bertz CT molecular complexity index is 428. The Morgan fingerprint density at radius 2 is 2.06 bits per heavy atom. The van der Waals surface area contributed by atoms with Gasteiger partial charge in [0, 0.05) is 17.7 Å². The molecule has 0 saturated heterocycles. The van der Waals surface area contributed by atoms with Crippen molar-refractivity contribution in [2.24, 2.45) is 0 Å². The molecule has 0 radical (unpaired) electrons. The first kappa shape index (κ1) is 12.2. The largest absolute Gasteiger partial charge is 0.479 e. The number of carbonyl (C=O) groups is 2. The van der Waals surface area contributed by atoms with Crippen molar-refractivity contribution in [3.63, 3.8) is 0 Å². The smallest absolute Gasteiger partial charge is 0.337 e. The molecule has 5 nitrogen and oxygen atoms in total. The van der Waals surface area contributed by atoms with Crippen molar-refractivity contribution in [3.05, 3.63) is 29.3 Å². The average molecular weight is 223 g/mol. The van der Waals surface area contributed by atoms with Gasteiger partial charge in [-0.25, -0.2) is 4.79 Å². The summed E-state index contributed by atoms with van der Waals surface area (Å²) in [5.41, 5.74) is 6.50. The molecular weight excluding hydrogens is 210 g/mol. The number of nitrogens with two attached hydrogens (primary N) is 1. The molecule has 0 aromatic heterocycles. The van der Waals surface area contributed by atoms with Crippen LogP contribution in [-0.4, -0.2) is 22.0 Å². The predicted molar refractivity (Wildman–Crippen MR) is 57.8 cm³/mol. The first-order chi connectivity index (χ1) is 7.41. The maximum Gasteiger partial charge on any atom is 0.337 e. The molecule has 4 N–H and O–H groups in total. The third-order valence-electron chi connectivity index (χ3n) is 2.13. The van der Waals surface area contributed by atoms with E-state index in [1.54, 1.807) is 6.07 Å². The highest BCUT2D eigenvalue weighted by Crippen LogP contribution is 2.22. The van der Waals surface area contributed by atoms with Crippen LogP contribution in [0.25, 0.3) is 0 Å². The third kappa shape index (κ3) is 2.80. The Hall–Kier alpha value is -1.88. The van der Waals surface area contributed by atoms with E-state index in [0.717, 1.165) is 0 Å². The molecule has 5 heteroatoms. The molecule has 0 aliphatic carbocycles. The lowest BCUT2D eigenvalue weighted by Crippen LogP contribution is -2.13. The van der Waals surface area contributed by atoms with Gasteiger partial charge in [0.15, 0.2) is 6.10 Å². The number of Topliss-reactive ketones (excluding diaryl/α,β-unsaturated/α-hetero) is 1. The minimum Gasteiger partial charge on any atom is -0.479 e. The summed E-state index contributed by atoms with van der Waals surface area (Å²) in [6, 6.07) is 4.56. The molecule has 1 unspecified atom stereocenters. The number of anilines is 1. The monoisotopic (exact) mass is 223 g/mol. The highest BCUT2D eigenvalue weighted by molar-refractivity contribution is 5.80. The normalized spacial score (nSPS) is 12.1. The van der Waals surface area contributed by atoms with E-state index >= 15 is 0 Å². The van der Waals surface area contributed by atoms with E-state index in [2.05, 4.69) is 0 Å². The fraction of sp³-hybridized carbons (Fsp3) is 0.273. The molecule has 0 aliphatic heterocycles. The van der Waals surface area contributed by atoms with Gasteiger partial charge >= 0.3 is 5.97 Å². The first-order valence-corrected chi connectivity index (χ1v) is 4.70. The van der Waals surface area contributed by atoms with E-state index in [4.69, 9.17) is 10.8 Å². The molecule has 0 saturated carbocycles. The molecular formula is C11H13NO4. The van der Waals surface area contributed by atoms with Gasteiger partial charge in [-0.2, -0.15) is 0 Å². The van der Waals surface area contributed by atoms with Gasteiger partial charge in [-0.15, -0.1) is 0 Å². The number of aliphatic carboxylic acids is 1. The molecule has 1 rings (SSSR count). The van der Waals surface area contributed by atoms with Crippen LogP contribution in [0, 0.1) is 0 Å². The number of aliphatic hydroxyl groups is 1. The second-order valence-electron chi connectivity index (χ2n) is 3.58. The molecule has 0 aliphatic rings. The molecule has 0 heterocycles. The molecule has 0 amide bonds. The molecule has 0 fully saturated rings. The van der Waals surface area contributed by atoms with Crippen LogP contribution in [0.1, 0.15) is 24.2 Å². The maximum atomic E-state index is 10.9. The molecule has 0 bridgehead atoms. The topological polar surface area (TPSA) is 101 Å². The van der Waals surface area contributed by atoms with Gasteiger partial charge in [-0.3, -0.25) is 4.79 Å². The van der Waals surface area contributed by atoms with Crippen molar-refractivity contribution < 1.29 is 19.8 Å². The highest BCUT2D eigenvalue weighted by atomic mass is 16.4. The molecule has 1 aromatic rings. The van der Waals surface area contributed by atoms with Crippen LogP contribution in [-0.2, 0) is 16.0 Å². The zero-order valence-corrected chi connectivity index (χ0v) is 8.80. The van der Waals surface area contributed by atoms with Crippen molar-refractivity contribution in [3.8, 4) is 0 Å². The summed E-state index contributed by atoms with van der Waals surface area (Å²) in [6.45, 7) is 1.43. The Morgan fingerprint density at radius 3 is 2.56 bits per heavy atom. The number of aliphatic hydroxyl groups excluding tert-OH is 1. The maximum absolute atomic E-state index is 10.9. The highest BCUT2D eigenvalue weighted by Gasteiger charge is 2.19. The van der Waals surface area contributed by atoms with E-state index in [-0.39, 0.29) is 23.5 Å². The van der Waals surface area contributed by atoms with E-state index in [0.29, 0.717) is 5.56 Å². The van der Waals surface area contributed by atoms with Gasteiger partial charge in [0.2, 0.25) is 0 Å². The second-order valence-corrected chi connectivity index (χ2v) is 3.58. The van der Waals surface area contributed by atoms with Crippen LogP contribution < -0.4 is 5.73 Å². The predicted octanol–water partition coefficient (Wildman–Crippen LogP) is 0.518. The summed E-state index contributed by atoms with van der Waals surface area (Å²) in [4.78, 5) is 21.5. The standard InChI is InChI=1S/C11H13NO4/c1-6(13)4-7-2-3-9(12)8(5-7)10(14)11(15)16/h2-3,5,10,14H,4,12H2,1H3,(H,15,16). The Labute approximate surface area is 92.5 Å². The van der Waals surface area contributed by atoms with Crippen molar-refractivity contribution in [1.82, 2.24) is 0 Å². The van der Waals surface area contributed by atoms with Crippen LogP contribution in [0.4, 0.5) is 5.69 Å². The molecule has 16 heavy (non-hydrogen) atoms. The Balaban J connectivity index is 3.08. The lowest BCUT2D eigenvalue weighted by atomic mass is 10.0. The average Bonchev–Trinajstić information content (AvgIpc) is 2.19. The van der Waals surface area contributed by atoms with Gasteiger partial charge in [0.25, 0.3) is 0 Å². The summed E-state index contributed by atoms with van der Waals surface area (Å²) >= 11 is 0. The summed E-state index contributed by atoms with van der Waals surface area (Å²) in [7, 11) is 0. The molecule has 86 valence electrons. The van der Waals surface area contributed by atoms with Crippen LogP contribution in [0.5, 0.6) is 0 Å². The van der Waals surface area contributed by atoms with Crippen molar-refractivity contribution in [2.75, 3.05) is 5.73 Å². The fourth-order valence-electron chi connectivity index (χ4n) is 1.39. The third-order valence-corrected chi connectivity index (χ3v) is 2.13. The summed E-state index contributed by atoms with van der Waals surface area (Å²) in [5, 5.41) is 18.0. The van der Waals surface area contributed by atoms with Gasteiger partial charge in [-0.05, 0) is 18.6 Å². The van der Waals surface area contributed by atoms with Gasteiger partial charge in [0.05, 0.1) is 0 Å². The summed E-state index contributed by atoms with van der Waals surface area (Å²) in [6.07, 6.45) is -1.47. The van der Waals surface area contributed by atoms with E-state index < -0.39 is 12.1 Å². The van der Waals surface area contributed by atoms with Crippen LogP contribution in [0.2, 0.25) is 0 Å². The van der Waals surface area contributed by atoms with E-state index in [1.807, 2.05) is 0 Å². The minimum atomic E-state index is -1.66. The lowest BCUT2D eigenvalue weighted by molar-refractivity contribution is -0.146. The van der Waals surface area contributed by atoms with Crippen molar-refractivity contribution in [1.29, 1.82) is 0 Å². The lowest BCUT2D eigenvalue weighted by Gasteiger charge is -2.10. The molecule has 1 atom stereocenters. The number of carboxylic acids is 1. The van der Waals surface area contributed by atoms with Gasteiger partial charge < -0.3 is 15.9 Å². The van der Waals surface area contributed by atoms with Gasteiger partial charge in [0.1, 0.15) is 5.78 Å². The fourth-order valence-corrected chi connectivity index (χ4v) is 1.39. The van der Waals surface area contributed by atoms with Crippen molar-refractivity contribution in [2.45, 2.75) is 19.4 Å². The van der Waals surface area contributed by atoms with Crippen molar-refractivity contribution >= 4 is 17.4 Å². The number of carbonyl (C=O) groups excluding carboxylic acids is 1. The number of carboxylic acid groups (broad SMARTS) is 1. The number of rotatable bonds is 4. The van der Waals surface area contributed by atoms with Crippen LogP contribution >= 0.6 is 0 Å². The second kappa shape index (κ2) is 4.76. The summed E-state index contributed by atoms with van der Waals surface area (Å²) in [5.74, 6) is -1.41. The zero-order chi connectivity index (χ0) is 12.3. The number of hydrogen-bond acceptors (Lipinski definition) is 4. The van der Waals surface area contributed by atoms with Crippen LogP contribution in [0.15, 0.2) is 18.2 Å². The number of hydrogen-bond donors (Lipinski definition) is 3. The first-order valence-electron chi connectivity index (χ1n) is 4.70. The SMILES string of the molecule is CC(=O)Cc1ccc(N)c(C(O)C(=O)O)c1. The number of ketones is 1. The Kier molecular flexibility index (Phi) is 3.63. The molecule has 0 spiro atoms. The number of benzene rings is 1. The van der Waals surface area contributed by atoms with E-state index in [9.17, 15) is 14.7 Å². The van der Waals surface area contributed by atoms with Gasteiger partial charge in [-0.1, -0.05) is 12.1 Å². The van der Waals surface area contributed by atoms with Crippen LogP contribution in [0.3, 0.4) is 0 Å². The molecule has 1 aromatic carbocycles. The number of nitrogen functional groups attached to an aromatic ring is 1. The minimum absolute atomic E-state index is 0.0412.